The first-order valence-corrected chi connectivity index (χ1v) is 10.6. The molecule has 0 aliphatic carbocycles. The van der Waals surface area contributed by atoms with Gasteiger partial charge in [-0.1, -0.05) is 38.1 Å². The molecule has 3 rings (SSSR count). The molecule has 1 saturated heterocycles. The maximum absolute atomic E-state index is 13.5. The van der Waals surface area contributed by atoms with Crippen molar-refractivity contribution in [2.24, 2.45) is 5.41 Å². The summed E-state index contributed by atoms with van der Waals surface area (Å²) in [5, 5.41) is 30.2. The van der Waals surface area contributed by atoms with E-state index in [0.29, 0.717) is 11.4 Å². The van der Waals surface area contributed by atoms with Crippen LogP contribution in [0.3, 0.4) is 0 Å². The molecule has 0 spiro atoms. The largest absolute Gasteiger partial charge is 0.487 e. The molecule has 1 aromatic heterocycles. The van der Waals surface area contributed by atoms with Crippen molar-refractivity contribution in [3.05, 3.63) is 41.7 Å². The Bertz CT molecular complexity index is 954. The summed E-state index contributed by atoms with van der Waals surface area (Å²) in [4.78, 5) is 27.2. The first-order chi connectivity index (χ1) is 15.1. The van der Waals surface area contributed by atoms with Gasteiger partial charge >= 0.3 is 0 Å². The Morgan fingerprint density at radius 3 is 2.75 bits per heavy atom. The van der Waals surface area contributed by atoms with Gasteiger partial charge in [0.2, 0.25) is 11.8 Å². The highest BCUT2D eigenvalue weighted by atomic mass is 16.5. The summed E-state index contributed by atoms with van der Waals surface area (Å²) in [6.45, 7) is 5.89. The minimum absolute atomic E-state index is 0.0784. The molecule has 3 atom stereocenters. The third-order valence-corrected chi connectivity index (χ3v) is 5.46. The first-order valence-electron chi connectivity index (χ1n) is 10.6. The molecule has 1 fully saturated rings. The summed E-state index contributed by atoms with van der Waals surface area (Å²) in [6.07, 6.45) is 1.10. The molecular weight excluding hydrogens is 414 g/mol. The van der Waals surface area contributed by atoms with Gasteiger partial charge < -0.3 is 25.2 Å². The molecule has 2 amide bonds. The van der Waals surface area contributed by atoms with E-state index in [1.807, 2.05) is 20.8 Å². The SMILES string of the molecule is CNC(=O)[C@@H]1C[C@@H](O)CN1C(=O)[C@@H](n1cc(COc2cccc(CO)c2)nn1)C(C)(C)C. The molecule has 10 nitrogen and oxygen atoms in total. The van der Waals surface area contributed by atoms with E-state index in [-0.39, 0.29) is 38.0 Å². The molecule has 32 heavy (non-hydrogen) atoms. The molecule has 0 bridgehead atoms. The van der Waals surface area contributed by atoms with E-state index in [1.54, 1.807) is 30.5 Å². The van der Waals surface area contributed by atoms with Crippen LogP contribution < -0.4 is 10.1 Å². The van der Waals surface area contributed by atoms with Crippen LogP contribution in [-0.2, 0) is 22.8 Å². The van der Waals surface area contributed by atoms with Crippen molar-refractivity contribution in [2.45, 2.75) is 58.6 Å². The number of aliphatic hydroxyl groups excluding tert-OH is 2. The second-order valence-corrected chi connectivity index (χ2v) is 9.06. The van der Waals surface area contributed by atoms with E-state index in [9.17, 15) is 19.8 Å². The highest BCUT2D eigenvalue weighted by molar-refractivity contribution is 5.90. The molecule has 1 aliphatic heterocycles. The minimum atomic E-state index is -0.753. The Labute approximate surface area is 187 Å². The molecule has 0 unspecified atom stereocenters. The van der Waals surface area contributed by atoms with Gasteiger partial charge in [-0.25, -0.2) is 4.68 Å². The lowest BCUT2D eigenvalue weighted by Gasteiger charge is -2.34. The number of β-amino-alcohol motifs (C(OH)–C–C–N with tert-alkyl or cyclic N) is 1. The smallest absolute Gasteiger partial charge is 0.248 e. The summed E-state index contributed by atoms with van der Waals surface area (Å²) in [5.41, 5.74) is 0.743. The summed E-state index contributed by atoms with van der Waals surface area (Å²) in [5.74, 6) is -0.00923. The lowest BCUT2D eigenvalue weighted by Crippen LogP contribution is -2.49. The number of aromatic nitrogens is 3. The predicted octanol–water partition coefficient (Wildman–Crippen LogP) is 0.644. The molecule has 10 heteroatoms. The van der Waals surface area contributed by atoms with Gasteiger partial charge in [0.1, 0.15) is 30.1 Å². The number of likely N-dealkylation sites (tertiary alicyclic amines) is 1. The van der Waals surface area contributed by atoms with Crippen LogP contribution in [-0.4, -0.2) is 67.7 Å². The van der Waals surface area contributed by atoms with E-state index in [4.69, 9.17) is 4.74 Å². The molecule has 0 radical (unpaired) electrons. The van der Waals surface area contributed by atoms with Gasteiger partial charge in [0.15, 0.2) is 0 Å². The van der Waals surface area contributed by atoms with Crippen LogP contribution in [0.1, 0.15) is 44.5 Å². The van der Waals surface area contributed by atoms with Crippen molar-refractivity contribution in [3.8, 4) is 5.75 Å². The topological polar surface area (TPSA) is 130 Å². The molecular formula is C22H31N5O5. The van der Waals surface area contributed by atoms with E-state index >= 15 is 0 Å². The minimum Gasteiger partial charge on any atom is -0.487 e. The number of likely N-dealkylation sites (N-methyl/N-ethyl adjacent to an activating group) is 1. The van der Waals surface area contributed by atoms with Gasteiger partial charge in [-0.15, -0.1) is 5.10 Å². The number of nitrogens with one attached hydrogen (secondary N) is 1. The standard InChI is InChI=1S/C22H31N5O5/c1-22(2,3)19(21(31)26-11-16(29)9-18(26)20(30)23-4)27-10-15(24-25-27)13-32-17-7-5-6-14(8-17)12-28/h5-8,10,16,18-19,28-29H,9,11-13H2,1-4H3,(H,23,30)/t16-,18+,19-/m1/s1. The number of carbonyl (C=O) groups is 2. The lowest BCUT2D eigenvalue weighted by molar-refractivity contribution is -0.144. The number of benzene rings is 1. The average Bonchev–Trinajstić information content (AvgIpc) is 3.37. The summed E-state index contributed by atoms with van der Waals surface area (Å²) in [6, 6.07) is 5.66. The van der Waals surface area contributed by atoms with Crippen molar-refractivity contribution in [3.63, 3.8) is 0 Å². The molecule has 1 aromatic carbocycles. The van der Waals surface area contributed by atoms with Crippen LogP contribution in [0.4, 0.5) is 0 Å². The van der Waals surface area contributed by atoms with Crippen LogP contribution in [0.25, 0.3) is 0 Å². The van der Waals surface area contributed by atoms with E-state index in [2.05, 4.69) is 15.6 Å². The highest BCUT2D eigenvalue weighted by Gasteiger charge is 2.44. The molecule has 0 saturated carbocycles. The molecule has 2 aromatic rings. The lowest BCUT2D eigenvalue weighted by atomic mass is 9.85. The van der Waals surface area contributed by atoms with Gasteiger partial charge in [0.05, 0.1) is 18.9 Å². The van der Waals surface area contributed by atoms with Crippen molar-refractivity contribution in [1.29, 1.82) is 0 Å². The summed E-state index contributed by atoms with van der Waals surface area (Å²) in [7, 11) is 1.51. The zero-order valence-corrected chi connectivity index (χ0v) is 18.9. The fraction of sp³-hybridized carbons (Fsp3) is 0.545. The van der Waals surface area contributed by atoms with Crippen molar-refractivity contribution in [2.75, 3.05) is 13.6 Å². The quantitative estimate of drug-likeness (QED) is 0.570. The zero-order chi connectivity index (χ0) is 23.5. The third-order valence-electron chi connectivity index (χ3n) is 5.46. The molecule has 174 valence electrons. The fourth-order valence-corrected chi connectivity index (χ4v) is 3.91. The van der Waals surface area contributed by atoms with Gasteiger partial charge in [-0.3, -0.25) is 9.59 Å². The first kappa shape index (κ1) is 23.7. The fourth-order valence-electron chi connectivity index (χ4n) is 3.91. The number of carbonyl (C=O) groups excluding carboxylic acids is 2. The van der Waals surface area contributed by atoms with Gasteiger partial charge in [-0.2, -0.15) is 0 Å². The van der Waals surface area contributed by atoms with Crippen molar-refractivity contribution in [1.82, 2.24) is 25.2 Å². The predicted molar refractivity (Wildman–Crippen MR) is 115 cm³/mol. The zero-order valence-electron chi connectivity index (χ0n) is 18.9. The monoisotopic (exact) mass is 445 g/mol. The Morgan fingerprint density at radius 2 is 2.09 bits per heavy atom. The number of nitrogens with zero attached hydrogens (tertiary/aromatic N) is 4. The summed E-state index contributed by atoms with van der Waals surface area (Å²) >= 11 is 0. The van der Waals surface area contributed by atoms with Crippen molar-refractivity contribution >= 4 is 11.8 Å². The van der Waals surface area contributed by atoms with E-state index < -0.39 is 23.6 Å². The maximum Gasteiger partial charge on any atom is 0.248 e. The number of aliphatic hydroxyl groups is 2. The van der Waals surface area contributed by atoms with Crippen molar-refractivity contribution < 1.29 is 24.5 Å². The normalized spacial score (nSPS) is 19.6. The van der Waals surface area contributed by atoms with Crippen LogP contribution in [0.2, 0.25) is 0 Å². The Kier molecular flexibility index (Phi) is 7.15. The van der Waals surface area contributed by atoms with Gasteiger partial charge in [0, 0.05) is 20.0 Å². The van der Waals surface area contributed by atoms with Crippen LogP contribution >= 0.6 is 0 Å². The van der Waals surface area contributed by atoms with Gasteiger partial charge in [-0.05, 0) is 23.1 Å². The Hall–Kier alpha value is -2.98. The number of hydrogen-bond acceptors (Lipinski definition) is 7. The number of ether oxygens (including phenoxy) is 1. The Balaban J connectivity index is 1.79. The number of hydrogen-bond donors (Lipinski definition) is 3. The number of rotatable bonds is 7. The average molecular weight is 446 g/mol. The summed E-state index contributed by atoms with van der Waals surface area (Å²) < 4.78 is 7.24. The highest BCUT2D eigenvalue weighted by Crippen LogP contribution is 2.34. The third kappa shape index (κ3) is 5.25. The van der Waals surface area contributed by atoms with Gasteiger partial charge in [0.25, 0.3) is 0 Å². The molecule has 3 N–H and O–H groups in total. The van der Waals surface area contributed by atoms with Crippen LogP contribution in [0.5, 0.6) is 5.75 Å². The molecule has 1 aliphatic rings. The maximum atomic E-state index is 13.5. The van der Waals surface area contributed by atoms with E-state index in [0.717, 1.165) is 5.56 Å². The van der Waals surface area contributed by atoms with E-state index in [1.165, 1.54) is 16.6 Å². The van der Waals surface area contributed by atoms with Crippen LogP contribution in [0, 0.1) is 5.41 Å². The number of amides is 2. The molecule has 2 heterocycles. The Morgan fingerprint density at radius 1 is 1.34 bits per heavy atom. The second-order valence-electron chi connectivity index (χ2n) is 9.06. The second kappa shape index (κ2) is 9.66. The van der Waals surface area contributed by atoms with Crippen LogP contribution in [0.15, 0.2) is 30.5 Å².